The first kappa shape index (κ1) is 36.6. The van der Waals surface area contributed by atoms with Crippen LogP contribution in [-0.2, 0) is 37.9 Å². The number of carbonyl (C=O) groups excluding carboxylic acids is 3. The summed E-state index contributed by atoms with van der Waals surface area (Å²) in [5.74, 6) is -1.68. The molecule has 1 unspecified atom stereocenters. The number of ether oxygens (including phenoxy) is 4. The first-order chi connectivity index (χ1) is 19.8. The van der Waals surface area contributed by atoms with Gasteiger partial charge in [-0.05, 0) is 38.8 Å². The first-order valence-corrected chi connectivity index (χ1v) is 16.5. The quantitative estimate of drug-likeness (QED) is 0.0956. The van der Waals surface area contributed by atoms with Gasteiger partial charge in [-0.25, -0.2) is 0 Å². The lowest BCUT2D eigenvalue weighted by Gasteiger charge is -2.26. The van der Waals surface area contributed by atoms with Crippen LogP contribution in [0, 0.1) is 0 Å². The summed E-state index contributed by atoms with van der Waals surface area (Å²) in [6.45, 7) is 9.41. The van der Waals surface area contributed by atoms with Gasteiger partial charge in [-0.2, -0.15) is 0 Å². The van der Waals surface area contributed by atoms with E-state index in [4.69, 9.17) is 23.5 Å². The zero-order valence-corrected chi connectivity index (χ0v) is 25.8. The van der Waals surface area contributed by atoms with Crippen LogP contribution in [0.25, 0.3) is 0 Å². The van der Waals surface area contributed by atoms with Gasteiger partial charge in [0, 0.05) is 38.8 Å². The van der Waals surface area contributed by atoms with Crippen molar-refractivity contribution < 1.29 is 42.4 Å². The fourth-order valence-electron chi connectivity index (χ4n) is 3.58. The summed E-state index contributed by atoms with van der Waals surface area (Å²) in [5.41, 5.74) is 0. The molecule has 2 amide bonds. The van der Waals surface area contributed by atoms with Crippen molar-refractivity contribution in [2.75, 3.05) is 59.0 Å². The molecule has 2 atom stereocenters. The normalized spacial score (nSPS) is 13.1. The number of esters is 1. The van der Waals surface area contributed by atoms with Crippen LogP contribution < -0.4 is 15.2 Å². The highest BCUT2D eigenvalue weighted by molar-refractivity contribution is 7.60. The lowest BCUT2D eigenvalue weighted by Crippen LogP contribution is -2.35. The maximum Gasteiger partial charge on any atom is 0.306 e. The van der Waals surface area contributed by atoms with Crippen LogP contribution in [0.4, 0.5) is 0 Å². The fraction of sp³-hybridized carbons (Fsp3) is 0.690. The molecule has 11 nitrogen and oxygen atoms in total. The molecule has 0 aliphatic carbocycles. The Balaban J connectivity index is 2.24. The Kier molecular flexibility index (Phi) is 20.6. The predicted molar refractivity (Wildman–Crippen MR) is 157 cm³/mol. The van der Waals surface area contributed by atoms with Crippen molar-refractivity contribution >= 4 is 25.2 Å². The Hall–Kier alpha value is -2.46. The molecule has 1 aromatic carbocycles. The number of hydrogen-bond donors (Lipinski definition) is 2. The minimum Gasteiger partial charge on any atom is -0.466 e. The van der Waals surface area contributed by atoms with E-state index >= 15 is 0 Å². The van der Waals surface area contributed by atoms with E-state index in [2.05, 4.69) is 17.6 Å². The highest BCUT2D eigenvalue weighted by Crippen LogP contribution is 2.51. The third-order valence-electron chi connectivity index (χ3n) is 5.90. The van der Waals surface area contributed by atoms with Crippen LogP contribution >= 0.6 is 7.37 Å². The number of nitrogens with one attached hydrogen (secondary N) is 2. The highest BCUT2D eigenvalue weighted by atomic mass is 31.2. The van der Waals surface area contributed by atoms with E-state index in [0.29, 0.717) is 51.7 Å². The van der Waals surface area contributed by atoms with Crippen molar-refractivity contribution in [3.63, 3.8) is 0 Å². The largest absolute Gasteiger partial charge is 0.466 e. The van der Waals surface area contributed by atoms with E-state index in [0.717, 1.165) is 13.0 Å². The van der Waals surface area contributed by atoms with E-state index in [-0.39, 0.29) is 37.9 Å². The molecule has 0 aliphatic heterocycles. The number of carbonyl (C=O) groups is 3. The maximum absolute atomic E-state index is 13.7. The standard InChI is InChI=1S/C29H49N2O9P/c1-4-6-10-18-36-20-22-38-23-21-37-19-11-17-30-27(32)14-15-28(33)31-25(3)41(35,24-16-29(34)39-5-2)40-26-12-8-7-9-13-26/h7-9,12-13,25H,4-6,10-11,14-24H2,1-3H3,(H,30,32)(H,31,33)/t25-,41?/m1/s1. The summed E-state index contributed by atoms with van der Waals surface area (Å²) in [6.07, 6.45) is 3.79. The van der Waals surface area contributed by atoms with Crippen molar-refractivity contribution in [1.82, 2.24) is 10.6 Å². The van der Waals surface area contributed by atoms with E-state index in [1.807, 2.05) is 0 Å². The topological polar surface area (TPSA) is 138 Å². The van der Waals surface area contributed by atoms with Gasteiger partial charge in [0.25, 0.3) is 7.37 Å². The molecule has 0 aliphatic rings. The molecular formula is C29H49N2O9P. The molecule has 0 heterocycles. The molecule has 0 saturated heterocycles. The number of unbranched alkanes of at least 4 members (excludes halogenated alkanes) is 2. The Labute approximate surface area is 244 Å². The summed E-state index contributed by atoms with van der Waals surface area (Å²) in [4.78, 5) is 36.5. The van der Waals surface area contributed by atoms with Crippen LogP contribution in [0.15, 0.2) is 30.3 Å². The monoisotopic (exact) mass is 600 g/mol. The van der Waals surface area contributed by atoms with Gasteiger partial charge in [-0.1, -0.05) is 38.0 Å². The van der Waals surface area contributed by atoms with E-state index in [1.165, 1.54) is 12.8 Å². The molecular weight excluding hydrogens is 551 g/mol. The number of hydrogen-bond acceptors (Lipinski definition) is 9. The second kappa shape index (κ2) is 23.1. The van der Waals surface area contributed by atoms with Gasteiger partial charge < -0.3 is 34.1 Å². The Morgan fingerprint density at radius 2 is 1.41 bits per heavy atom. The molecule has 12 heteroatoms. The molecule has 41 heavy (non-hydrogen) atoms. The SMILES string of the molecule is CCCCCOCCOCCOCCCNC(=O)CCC(=O)N[C@@H](C)P(=O)(CCC(=O)OCC)Oc1ccccc1. The average Bonchev–Trinajstić information content (AvgIpc) is 2.96. The van der Waals surface area contributed by atoms with E-state index in [9.17, 15) is 18.9 Å². The van der Waals surface area contributed by atoms with Crippen LogP contribution in [0.3, 0.4) is 0 Å². The van der Waals surface area contributed by atoms with Gasteiger partial charge in [0.05, 0.1) is 39.5 Å². The van der Waals surface area contributed by atoms with Crippen molar-refractivity contribution in [2.24, 2.45) is 0 Å². The average molecular weight is 601 g/mol. The molecule has 0 fully saturated rings. The van der Waals surface area contributed by atoms with Crippen molar-refractivity contribution in [2.45, 2.75) is 71.5 Å². The first-order valence-electron chi connectivity index (χ1n) is 14.6. The summed E-state index contributed by atoms with van der Waals surface area (Å²) in [6, 6.07) is 8.58. The van der Waals surface area contributed by atoms with Gasteiger partial charge >= 0.3 is 5.97 Å². The van der Waals surface area contributed by atoms with Gasteiger partial charge in [-0.15, -0.1) is 0 Å². The van der Waals surface area contributed by atoms with Gasteiger partial charge in [0.1, 0.15) is 11.5 Å². The maximum atomic E-state index is 13.7. The zero-order chi connectivity index (χ0) is 30.2. The molecule has 234 valence electrons. The summed E-state index contributed by atoms with van der Waals surface area (Å²) in [7, 11) is -3.52. The van der Waals surface area contributed by atoms with Crippen molar-refractivity contribution in [3.8, 4) is 5.75 Å². The molecule has 0 saturated carbocycles. The molecule has 0 aromatic heterocycles. The number of amides is 2. The molecule has 2 N–H and O–H groups in total. The minimum atomic E-state index is -3.52. The zero-order valence-electron chi connectivity index (χ0n) is 24.9. The number of para-hydroxylation sites is 1. The van der Waals surface area contributed by atoms with Gasteiger partial charge in [0.15, 0.2) is 0 Å². The Morgan fingerprint density at radius 3 is 2.05 bits per heavy atom. The van der Waals surface area contributed by atoms with Crippen LogP contribution in [-0.4, -0.2) is 82.5 Å². The van der Waals surface area contributed by atoms with Crippen LogP contribution in [0.2, 0.25) is 0 Å². The highest BCUT2D eigenvalue weighted by Gasteiger charge is 2.34. The van der Waals surface area contributed by atoms with Crippen LogP contribution in [0.5, 0.6) is 5.75 Å². The number of benzene rings is 1. The third-order valence-corrected chi connectivity index (χ3v) is 8.58. The smallest absolute Gasteiger partial charge is 0.306 e. The minimum absolute atomic E-state index is 0.0135. The summed E-state index contributed by atoms with van der Waals surface area (Å²) in [5, 5.41) is 5.43. The lowest BCUT2D eigenvalue weighted by atomic mass is 10.2. The summed E-state index contributed by atoms with van der Waals surface area (Å²) >= 11 is 0. The Bertz CT molecular complexity index is 902. The predicted octanol–water partition coefficient (Wildman–Crippen LogP) is 4.29. The molecule has 1 aromatic rings. The van der Waals surface area contributed by atoms with E-state index in [1.54, 1.807) is 44.2 Å². The molecule has 0 spiro atoms. The van der Waals surface area contributed by atoms with Gasteiger partial charge in [-0.3, -0.25) is 18.9 Å². The summed E-state index contributed by atoms with van der Waals surface area (Å²) < 4.78 is 40.8. The van der Waals surface area contributed by atoms with Crippen molar-refractivity contribution in [1.29, 1.82) is 0 Å². The molecule has 0 bridgehead atoms. The molecule has 1 rings (SSSR count). The second-order valence-corrected chi connectivity index (χ2v) is 12.3. The van der Waals surface area contributed by atoms with E-state index < -0.39 is 25.0 Å². The Morgan fingerprint density at radius 1 is 0.805 bits per heavy atom. The van der Waals surface area contributed by atoms with Gasteiger partial charge in [0.2, 0.25) is 11.8 Å². The third kappa shape index (κ3) is 18.6. The fourth-order valence-corrected chi connectivity index (χ4v) is 5.53. The number of rotatable bonds is 25. The molecule has 0 radical (unpaired) electrons. The van der Waals surface area contributed by atoms with Crippen LogP contribution in [0.1, 0.15) is 65.7 Å². The lowest BCUT2D eigenvalue weighted by molar-refractivity contribution is -0.142. The van der Waals surface area contributed by atoms with Crippen molar-refractivity contribution in [3.05, 3.63) is 30.3 Å². The second-order valence-electron chi connectivity index (χ2n) is 9.40.